The molecule has 0 bridgehead atoms. The highest BCUT2D eigenvalue weighted by Gasteiger charge is 2.27. The van der Waals surface area contributed by atoms with Crippen molar-refractivity contribution < 1.29 is 23.8 Å². The van der Waals surface area contributed by atoms with Crippen molar-refractivity contribution in [3.8, 4) is 11.5 Å². The van der Waals surface area contributed by atoms with Gasteiger partial charge in [0.2, 0.25) is 0 Å². The topological polar surface area (TPSA) is 85.9 Å². The van der Waals surface area contributed by atoms with Crippen molar-refractivity contribution in [1.29, 1.82) is 0 Å². The van der Waals surface area contributed by atoms with Crippen LogP contribution in [-0.4, -0.2) is 37.7 Å². The van der Waals surface area contributed by atoms with E-state index in [0.717, 1.165) is 17.7 Å². The molecule has 1 saturated heterocycles. The van der Waals surface area contributed by atoms with Gasteiger partial charge in [-0.05, 0) is 70.7 Å². The quantitative estimate of drug-likeness (QED) is 0.370. The number of anilines is 1. The third kappa shape index (κ3) is 6.20. The normalized spacial score (nSPS) is 16.6. The molecule has 2 aromatic rings. The lowest BCUT2D eigenvalue weighted by molar-refractivity contribution is -0.145. The van der Waals surface area contributed by atoms with Gasteiger partial charge in [-0.1, -0.05) is 30.8 Å². The van der Waals surface area contributed by atoms with Gasteiger partial charge in [-0.25, -0.2) is 4.79 Å². The number of nitrogens with one attached hydrogen (secondary N) is 2. The minimum atomic E-state index is -0.463. The van der Waals surface area contributed by atoms with Gasteiger partial charge in [0.15, 0.2) is 23.6 Å². The highest BCUT2D eigenvalue weighted by molar-refractivity contribution is 9.10. The van der Waals surface area contributed by atoms with Crippen molar-refractivity contribution in [3.63, 3.8) is 0 Å². The maximum atomic E-state index is 12.5. The molecular weight excluding hydrogens is 496 g/mol. The summed E-state index contributed by atoms with van der Waals surface area (Å²) in [6.07, 6.45) is 2.76. The molecule has 1 fully saturated rings. The number of ether oxygens (including phenoxy) is 3. The van der Waals surface area contributed by atoms with Gasteiger partial charge >= 0.3 is 5.97 Å². The highest BCUT2D eigenvalue weighted by Crippen LogP contribution is 2.38. The van der Waals surface area contributed by atoms with Crippen LogP contribution in [0.1, 0.15) is 25.0 Å². The van der Waals surface area contributed by atoms with E-state index in [0.29, 0.717) is 20.9 Å². The molecule has 32 heavy (non-hydrogen) atoms. The molecule has 170 valence electrons. The summed E-state index contributed by atoms with van der Waals surface area (Å²) in [6.45, 7) is 3.90. The molecule has 0 unspecified atom stereocenters. The number of thioether (sulfide) groups is 1. The minimum absolute atomic E-state index is 0.157. The maximum Gasteiger partial charge on any atom is 0.344 e. The molecule has 1 atom stereocenters. The Morgan fingerprint density at radius 1 is 1.25 bits per heavy atom. The van der Waals surface area contributed by atoms with Crippen LogP contribution in [0.2, 0.25) is 0 Å². The number of benzene rings is 2. The second kappa shape index (κ2) is 11.3. The van der Waals surface area contributed by atoms with Gasteiger partial charge in [-0.3, -0.25) is 4.79 Å². The lowest BCUT2D eigenvalue weighted by atomic mass is 10.1. The van der Waals surface area contributed by atoms with E-state index in [1.165, 1.54) is 24.4 Å². The molecule has 7 nitrogen and oxygen atoms in total. The zero-order valence-electron chi connectivity index (χ0n) is 18.1. The van der Waals surface area contributed by atoms with Crippen molar-refractivity contribution in [2.45, 2.75) is 25.8 Å². The Kier molecular flexibility index (Phi) is 8.46. The van der Waals surface area contributed by atoms with E-state index in [4.69, 9.17) is 14.2 Å². The second-order valence-corrected chi connectivity index (χ2v) is 8.80. The monoisotopic (exact) mass is 520 g/mol. The Labute approximate surface area is 200 Å². The fraction of sp³-hybridized carbons (Fsp3) is 0.304. The summed E-state index contributed by atoms with van der Waals surface area (Å²) in [5.41, 5.74) is 2.68. The van der Waals surface area contributed by atoms with Gasteiger partial charge < -0.3 is 24.8 Å². The van der Waals surface area contributed by atoms with Crippen LogP contribution in [-0.2, 0) is 20.7 Å². The zero-order valence-corrected chi connectivity index (χ0v) is 20.5. The van der Waals surface area contributed by atoms with Crippen LogP contribution in [0, 0.1) is 0 Å². The molecule has 0 aliphatic carbocycles. The van der Waals surface area contributed by atoms with Gasteiger partial charge in [0, 0.05) is 5.69 Å². The van der Waals surface area contributed by atoms with E-state index in [2.05, 4.69) is 45.6 Å². The Balaban J connectivity index is 1.71. The number of hydrogen-bond donors (Lipinski definition) is 2. The fourth-order valence-corrected chi connectivity index (χ4v) is 4.56. The smallest absolute Gasteiger partial charge is 0.344 e. The van der Waals surface area contributed by atoms with Crippen LogP contribution in [0.5, 0.6) is 11.5 Å². The van der Waals surface area contributed by atoms with E-state index < -0.39 is 5.97 Å². The number of aryl methyl sites for hydroxylation is 1. The first-order valence-electron chi connectivity index (χ1n) is 10.1. The molecule has 0 radical (unpaired) electrons. The van der Waals surface area contributed by atoms with Gasteiger partial charge in [0.1, 0.15) is 0 Å². The summed E-state index contributed by atoms with van der Waals surface area (Å²) in [7, 11) is 1.51. The van der Waals surface area contributed by atoms with Crippen LogP contribution in [0.3, 0.4) is 0 Å². The molecular formula is C23H25BrN2O5S. The molecule has 1 aliphatic heterocycles. The highest BCUT2D eigenvalue weighted by atomic mass is 79.9. The summed E-state index contributed by atoms with van der Waals surface area (Å²) in [5, 5.41) is 6.24. The van der Waals surface area contributed by atoms with E-state index in [1.54, 1.807) is 25.1 Å². The van der Waals surface area contributed by atoms with E-state index in [1.807, 2.05) is 12.1 Å². The second-order valence-electron chi connectivity index (χ2n) is 6.80. The molecule has 9 heteroatoms. The summed E-state index contributed by atoms with van der Waals surface area (Å²) >= 11 is 4.86. The number of halogens is 1. The first kappa shape index (κ1) is 24.0. The number of amides is 1. The van der Waals surface area contributed by atoms with Crippen LogP contribution in [0.4, 0.5) is 5.69 Å². The van der Waals surface area contributed by atoms with Crippen molar-refractivity contribution in [1.82, 2.24) is 5.32 Å². The minimum Gasteiger partial charge on any atom is -0.493 e. The summed E-state index contributed by atoms with van der Waals surface area (Å²) in [6, 6.07) is 11.7. The number of carbonyl (C=O) groups is 2. The molecule has 1 heterocycles. The first-order chi connectivity index (χ1) is 15.4. The molecule has 1 amide bonds. The van der Waals surface area contributed by atoms with E-state index in [9.17, 15) is 9.59 Å². The molecule has 2 N–H and O–H groups in total. The molecule has 0 spiro atoms. The largest absolute Gasteiger partial charge is 0.493 e. The number of hydrogen-bond acceptors (Lipinski definition) is 7. The summed E-state index contributed by atoms with van der Waals surface area (Å²) in [5.74, 6) is 0.205. The predicted octanol–water partition coefficient (Wildman–Crippen LogP) is 4.56. The number of carbonyl (C=O) groups excluding carboxylic acids is 2. The van der Waals surface area contributed by atoms with Gasteiger partial charge in [0.05, 0.1) is 23.1 Å². The van der Waals surface area contributed by atoms with Crippen LogP contribution >= 0.6 is 27.7 Å². The van der Waals surface area contributed by atoms with Crippen molar-refractivity contribution >= 4 is 51.3 Å². The average molecular weight is 521 g/mol. The Hall–Kier alpha value is -2.65. The molecule has 3 rings (SSSR count). The van der Waals surface area contributed by atoms with Crippen molar-refractivity contribution in [2.24, 2.45) is 0 Å². The molecule has 1 aliphatic rings. The molecule has 0 saturated carbocycles. The third-order valence-electron chi connectivity index (χ3n) is 4.58. The lowest BCUT2D eigenvalue weighted by Crippen LogP contribution is -2.30. The molecule has 0 aromatic heterocycles. The molecule has 2 aromatic carbocycles. The zero-order chi connectivity index (χ0) is 23.1. The maximum absolute atomic E-state index is 12.5. The summed E-state index contributed by atoms with van der Waals surface area (Å²) in [4.78, 5) is 24.6. The third-order valence-corrected chi connectivity index (χ3v) is 6.20. The van der Waals surface area contributed by atoms with Gasteiger partial charge in [0.25, 0.3) is 5.91 Å². The number of methoxy groups -OCH3 is 1. The lowest BCUT2D eigenvalue weighted by Gasteiger charge is -2.13. The standard InChI is InChI=1S/C23H25BrN2O5S/c1-4-14-6-8-16(9-7-14)25-23-26-22(28)19(32-23)12-15-10-17(24)21(18(11-15)29-3)31-13-20(27)30-5-2/h6-12,23,25H,4-5,13H2,1-3H3,(H,26,28)/b19-12-/t23-/m0/s1. The van der Waals surface area contributed by atoms with Crippen molar-refractivity contribution in [2.75, 3.05) is 25.6 Å². The Morgan fingerprint density at radius 3 is 2.66 bits per heavy atom. The van der Waals surface area contributed by atoms with Crippen molar-refractivity contribution in [3.05, 3.63) is 56.9 Å². The van der Waals surface area contributed by atoms with Gasteiger partial charge in [-0.15, -0.1) is 0 Å². The Bertz CT molecular complexity index is 1010. The Morgan fingerprint density at radius 2 is 2.00 bits per heavy atom. The van der Waals surface area contributed by atoms with E-state index in [-0.39, 0.29) is 24.6 Å². The SMILES string of the molecule is CCOC(=O)COc1c(Br)cc(/C=C2\S[C@@H](Nc3ccc(CC)cc3)NC2=O)cc1OC. The summed E-state index contributed by atoms with van der Waals surface area (Å²) < 4.78 is 16.5. The fourth-order valence-electron chi connectivity index (χ4n) is 3.00. The first-order valence-corrected chi connectivity index (χ1v) is 11.8. The van der Waals surface area contributed by atoms with Crippen LogP contribution < -0.4 is 20.1 Å². The number of rotatable bonds is 9. The van der Waals surface area contributed by atoms with E-state index >= 15 is 0 Å². The average Bonchev–Trinajstić information content (AvgIpc) is 3.11. The van der Waals surface area contributed by atoms with Gasteiger partial charge in [-0.2, -0.15) is 0 Å². The predicted molar refractivity (Wildman–Crippen MR) is 130 cm³/mol. The van der Waals surface area contributed by atoms with Crippen LogP contribution in [0.15, 0.2) is 45.8 Å². The number of esters is 1. The van der Waals surface area contributed by atoms with Crippen LogP contribution in [0.25, 0.3) is 6.08 Å².